The normalized spacial score (nSPS) is 16.4. The number of esters is 1. The summed E-state index contributed by atoms with van der Waals surface area (Å²) < 4.78 is 27.8. The molecule has 0 saturated carbocycles. The van der Waals surface area contributed by atoms with Gasteiger partial charge in [-0.3, -0.25) is 0 Å². The largest absolute Gasteiger partial charge is 0.508 e. The van der Waals surface area contributed by atoms with Crippen LogP contribution in [0.5, 0.6) is 5.75 Å². The zero-order valence-electron chi connectivity index (χ0n) is 8.30. The highest BCUT2D eigenvalue weighted by Gasteiger charge is 2.31. The molecule has 1 aromatic rings. The molecule has 0 amide bonds. The molecule has 1 aliphatic heterocycles. The summed E-state index contributed by atoms with van der Waals surface area (Å²) in [4.78, 5) is 11.3. The van der Waals surface area contributed by atoms with Gasteiger partial charge in [-0.25, -0.2) is 13.2 Å². The molecule has 16 heavy (non-hydrogen) atoms. The fourth-order valence-corrected chi connectivity index (χ4v) is 2.95. The smallest absolute Gasteiger partial charge is 0.339 e. The molecule has 0 radical (unpaired) electrons. The van der Waals surface area contributed by atoms with E-state index in [9.17, 15) is 18.3 Å². The Balaban J connectivity index is 2.70. The maximum absolute atomic E-state index is 11.6. The average molecular weight is 240 g/mol. The number of carbonyl (C=O) groups is 1. The molecule has 84 valence electrons. The minimum absolute atomic E-state index is 0.0162. The van der Waals surface area contributed by atoms with Gasteiger partial charge >= 0.3 is 5.97 Å². The summed E-state index contributed by atoms with van der Waals surface area (Å²) in [7, 11) is -2.48. The van der Waals surface area contributed by atoms with Crippen LogP contribution in [0.1, 0.15) is 5.56 Å². The first-order valence-corrected chi connectivity index (χ1v) is 5.89. The molecule has 1 aliphatic rings. The van der Waals surface area contributed by atoms with Crippen LogP contribution in [0.4, 0.5) is 0 Å². The lowest BCUT2D eigenvalue weighted by Gasteiger charge is -2.02. The van der Waals surface area contributed by atoms with E-state index in [-0.39, 0.29) is 21.8 Å². The predicted octanol–water partition coefficient (Wildman–Crippen LogP) is 0.693. The summed E-state index contributed by atoms with van der Waals surface area (Å²) >= 11 is 0. The Morgan fingerprint density at radius 1 is 1.38 bits per heavy atom. The third kappa shape index (κ3) is 1.47. The van der Waals surface area contributed by atoms with Crippen molar-refractivity contribution >= 4 is 21.4 Å². The van der Waals surface area contributed by atoms with Gasteiger partial charge in [0.2, 0.25) is 9.84 Å². The molecule has 0 spiro atoms. The molecule has 1 N–H and O–H groups in total. The Bertz CT molecular complexity index is 598. The van der Waals surface area contributed by atoms with E-state index in [2.05, 4.69) is 4.74 Å². The van der Waals surface area contributed by atoms with Crippen LogP contribution in [0.3, 0.4) is 0 Å². The maximum atomic E-state index is 11.6. The van der Waals surface area contributed by atoms with Gasteiger partial charge in [-0.2, -0.15) is 0 Å². The molecule has 0 aromatic heterocycles. The van der Waals surface area contributed by atoms with E-state index in [1.807, 2.05) is 0 Å². The monoisotopic (exact) mass is 240 g/mol. The van der Waals surface area contributed by atoms with E-state index in [1.54, 1.807) is 0 Å². The third-order valence-electron chi connectivity index (χ3n) is 2.24. The summed E-state index contributed by atoms with van der Waals surface area (Å²) in [5, 5.41) is 10.1. The molecular formula is C10H8O5S. The molecule has 1 heterocycles. The Hall–Kier alpha value is -1.82. The van der Waals surface area contributed by atoms with Crippen LogP contribution in [-0.4, -0.2) is 26.6 Å². The van der Waals surface area contributed by atoms with Crippen LogP contribution in [0, 0.1) is 0 Å². The topological polar surface area (TPSA) is 80.7 Å². The van der Waals surface area contributed by atoms with Gasteiger partial charge in [0.15, 0.2) is 0 Å². The van der Waals surface area contributed by atoms with Gasteiger partial charge in [0, 0.05) is 5.56 Å². The lowest BCUT2D eigenvalue weighted by atomic mass is 10.1. The van der Waals surface area contributed by atoms with E-state index in [1.165, 1.54) is 19.2 Å². The molecule has 5 nitrogen and oxygen atoms in total. The van der Waals surface area contributed by atoms with Gasteiger partial charge in [-0.05, 0) is 18.2 Å². The minimum atomic E-state index is -3.66. The van der Waals surface area contributed by atoms with Gasteiger partial charge in [0.25, 0.3) is 0 Å². The summed E-state index contributed by atoms with van der Waals surface area (Å²) in [5.74, 6) is -0.880. The van der Waals surface area contributed by atoms with E-state index < -0.39 is 15.8 Å². The van der Waals surface area contributed by atoms with E-state index >= 15 is 0 Å². The summed E-state index contributed by atoms with van der Waals surface area (Å²) in [6, 6.07) is 3.80. The van der Waals surface area contributed by atoms with Crippen LogP contribution in [0.2, 0.25) is 0 Å². The Morgan fingerprint density at radius 3 is 2.69 bits per heavy atom. The second kappa shape index (κ2) is 3.34. The molecule has 0 unspecified atom stereocenters. The third-order valence-corrected chi connectivity index (χ3v) is 3.74. The van der Waals surface area contributed by atoms with Crippen LogP contribution in [0.15, 0.2) is 28.5 Å². The SMILES string of the molecule is COC(=O)C1=CS(=O)(=O)c2cc(O)ccc21. The van der Waals surface area contributed by atoms with E-state index in [0.717, 1.165) is 11.5 Å². The molecule has 6 heteroatoms. The fourth-order valence-electron chi connectivity index (χ4n) is 1.52. The number of rotatable bonds is 1. The number of ether oxygens (including phenoxy) is 1. The van der Waals surface area contributed by atoms with Gasteiger partial charge < -0.3 is 9.84 Å². The number of benzene rings is 1. The maximum Gasteiger partial charge on any atom is 0.339 e. The highest BCUT2D eigenvalue weighted by atomic mass is 32.2. The zero-order valence-corrected chi connectivity index (χ0v) is 9.11. The molecule has 0 bridgehead atoms. The van der Waals surface area contributed by atoms with E-state index in [4.69, 9.17) is 0 Å². The standard InChI is InChI=1S/C10H8O5S/c1-15-10(12)8-5-16(13,14)9-4-6(11)2-3-7(8)9/h2-5,11H,1H3. The molecule has 0 saturated heterocycles. The number of hydrogen-bond donors (Lipinski definition) is 1. The Morgan fingerprint density at radius 2 is 2.06 bits per heavy atom. The van der Waals surface area contributed by atoms with Gasteiger partial charge in [-0.1, -0.05) is 0 Å². The van der Waals surface area contributed by atoms with Gasteiger partial charge in [0.05, 0.1) is 23.0 Å². The lowest BCUT2D eigenvalue weighted by Crippen LogP contribution is -2.01. The number of aromatic hydroxyl groups is 1. The van der Waals surface area contributed by atoms with Crippen molar-refractivity contribution in [3.05, 3.63) is 29.2 Å². The Kier molecular flexibility index (Phi) is 2.23. The van der Waals surface area contributed by atoms with Crippen LogP contribution in [0.25, 0.3) is 5.57 Å². The number of carbonyl (C=O) groups excluding carboxylic acids is 1. The van der Waals surface area contributed by atoms with Crippen molar-refractivity contribution in [3.8, 4) is 5.75 Å². The van der Waals surface area contributed by atoms with Crippen LogP contribution >= 0.6 is 0 Å². The number of methoxy groups -OCH3 is 1. The number of sulfone groups is 1. The second-order valence-corrected chi connectivity index (χ2v) is 5.01. The van der Waals surface area contributed by atoms with Crippen LogP contribution < -0.4 is 0 Å². The summed E-state index contributed by atoms with van der Waals surface area (Å²) in [6.45, 7) is 0. The van der Waals surface area contributed by atoms with E-state index in [0.29, 0.717) is 0 Å². The number of hydrogen-bond acceptors (Lipinski definition) is 5. The minimum Gasteiger partial charge on any atom is -0.508 e. The number of phenolic OH excluding ortho intramolecular Hbond substituents is 1. The highest BCUT2D eigenvalue weighted by molar-refractivity contribution is 7.95. The first-order valence-electron chi connectivity index (χ1n) is 4.34. The molecule has 0 aliphatic carbocycles. The van der Waals surface area contributed by atoms with Crippen molar-refractivity contribution in [2.24, 2.45) is 0 Å². The highest BCUT2D eigenvalue weighted by Crippen LogP contribution is 2.35. The lowest BCUT2D eigenvalue weighted by molar-refractivity contribution is -0.133. The zero-order chi connectivity index (χ0) is 11.9. The van der Waals surface area contributed by atoms with Crippen molar-refractivity contribution in [1.82, 2.24) is 0 Å². The van der Waals surface area contributed by atoms with Gasteiger partial charge in [-0.15, -0.1) is 0 Å². The van der Waals surface area contributed by atoms with Crippen molar-refractivity contribution < 1.29 is 23.1 Å². The first kappa shape index (κ1) is 10.7. The van der Waals surface area contributed by atoms with Crippen molar-refractivity contribution in [3.63, 3.8) is 0 Å². The molecule has 0 fully saturated rings. The summed E-state index contributed by atoms with van der Waals surface area (Å²) in [6.07, 6.45) is 0. The van der Waals surface area contributed by atoms with Gasteiger partial charge in [0.1, 0.15) is 5.75 Å². The van der Waals surface area contributed by atoms with Crippen molar-refractivity contribution in [2.45, 2.75) is 4.90 Å². The van der Waals surface area contributed by atoms with Crippen LogP contribution in [-0.2, 0) is 19.4 Å². The number of phenols is 1. The fraction of sp³-hybridized carbons (Fsp3) is 0.100. The number of fused-ring (bicyclic) bond motifs is 1. The van der Waals surface area contributed by atoms with Crippen molar-refractivity contribution in [2.75, 3.05) is 7.11 Å². The predicted molar refractivity (Wildman–Crippen MR) is 55.3 cm³/mol. The molecule has 2 rings (SSSR count). The Labute approximate surface area is 91.9 Å². The quantitative estimate of drug-likeness (QED) is 0.730. The average Bonchev–Trinajstić information content (AvgIpc) is 2.50. The molecule has 0 atom stereocenters. The molecular weight excluding hydrogens is 232 g/mol. The van der Waals surface area contributed by atoms with Crippen molar-refractivity contribution in [1.29, 1.82) is 0 Å². The molecule has 1 aromatic carbocycles. The summed E-state index contributed by atoms with van der Waals surface area (Å²) in [5.41, 5.74) is 0.238. The first-order chi connectivity index (χ1) is 7.45. The second-order valence-electron chi connectivity index (χ2n) is 3.25.